The zero-order valence-electron chi connectivity index (χ0n) is 8.07. The van der Waals surface area contributed by atoms with E-state index in [-0.39, 0.29) is 16.9 Å². The third kappa shape index (κ3) is 1.70. The monoisotopic (exact) mass is 208 g/mol. The molecule has 0 aromatic heterocycles. The third-order valence-corrected chi connectivity index (χ3v) is 2.12. The van der Waals surface area contributed by atoms with E-state index in [0.717, 1.165) is 0 Å². The van der Waals surface area contributed by atoms with Crippen molar-refractivity contribution in [1.82, 2.24) is 0 Å². The third-order valence-electron chi connectivity index (χ3n) is 2.12. The van der Waals surface area contributed by atoms with E-state index in [1.165, 1.54) is 31.6 Å². The fourth-order valence-corrected chi connectivity index (χ4v) is 1.39. The van der Waals surface area contributed by atoms with Crippen LogP contribution in [0.15, 0.2) is 30.7 Å². The van der Waals surface area contributed by atoms with Crippen molar-refractivity contribution in [2.75, 3.05) is 0 Å². The largest absolute Gasteiger partial charge is 0.455 e. The Hall–Kier alpha value is -1.84. The van der Waals surface area contributed by atoms with Gasteiger partial charge < -0.3 is 9.47 Å². The lowest BCUT2D eigenvalue weighted by atomic mass is 10.1. The standard InChI is InChI=1S/C11H9FO3/c1-7(13)8-3-2-4-9(10(8)12)11-14-5-6-15-11/h2-6,11H,1H3. The van der Waals surface area contributed by atoms with Crippen LogP contribution in [-0.2, 0) is 9.47 Å². The fourth-order valence-electron chi connectivity index (χ4n) is 1.39. The maximum absolute atomic E-state index is 13.8. The molecule has 0 radical (unpaired) electrons. The minimum atomic E-state index is -0.788. The highest BCUT2D eigenvalue weighted by Gasteiger charge is 2.22. The molecule has 0 unspecified atom stereocenters. The summed E-state index contributed by atoms with van der Waals surface area (Å²) < 4.78 is 23.8. The predicted octanol–water partition coefficient (Wildman–Crippen LogP) is 2.54. The van der Waals surface area contributed by atoms with E-state index < -0.39 is 12.1 Å². The van der Waals surface area contributed by atoms with Crippen LogP contribution in [0.1, 0.15) is 29.1 Å². The van der Waals surface area contributed by atoms with Crippen molar-refractivity contribution in [1.29, 1.82) is 0 Å². The van der Waals surface area contributed by atoms with Crippen LogP contribution in [0.5, 0.6) is 0 Å². The second-order valence-corrected chi connectivity index (χ2v) is 3.14. The molecule has 3 nitrogen and oxygen atoms in total. The summed E-state index contributed by atoms with van der Waals surface area (Å²) in [6, 6.07) is 4.56. The zero-order valence-corrected chi connectivity index (χ0v) is 8.07. The Labute approximate surface area is 86.1 Å². The number of Topliss-reactive ketones (excluding diaryl/α,β-unsaturated/α-hetero) is 1. The molecule has 1 aromatic carbocycles. The van der Waals surface area contributed by atoms with Gasteiger partial charge in [0.25, 0.3) is 6.29 Å². The summed E-state index contributed by atoms with van der Waals surface area (Å²) in [6.07, 6.45) is 1.89. The minimum Gasteiger partial charge on any atom is -0.455 e. The number of hydrogen-bond donors (Lipinski definition) is 0. The molecule has 78 valence electrons. The molecule has 15 heavy (non-hydrogen) atoms. The van der Waals surface area contributed by atoms with Crippen molar-refractivity contribution in [3.05, 3.63) is 47.7 Å². The number of rotatable bonds is 2. The SMILES string of the molecule is CC(=O)c1cccc(C2OC=CO2)c1F. The Morgan fingerprint density at radius 3 is 2.60 bits per heavy atom. The maximum atomic E-state index is 13.8. The summed E-state index contributed by atoms with van der Waals surface area (Å²) in [4.78, 5) is 11.1. The van der Waals surface area contributed by atoms with Crippen LogP contribution in [-0.4, -0.2) is 5.78 Å². The lowest BCUT2D eigenvalue weighted by Crippen LogP contribution is -2.06. The van der Waals surface area contributed by atoms with E-state index in [9.17, 15) is 9.18 Å². The summed E-state index contributed by atoms with van der Waals surface area (Å²) in [5.41, 5.74) is 0.277. The van der Waals surface area contributed by atoms with Gasteiger partial charge >= 0.3 is 0 Å². The molecule has 0 atom stereocenters. The van der Waals surface area contributed by atoms with Crippen LogP contribution in [0.4, 0.5) is 4.39 Å². The van der Waals surface area contributed by atoms with Crippen LogP contribution in [0, 0.1) is 5.82 Å². The first-order valence-corrected chi connectivity index (χ1v) is 4.45. The molecule has 0 saturated heterocycles. The summed E-state index contributed by atoms with van der Waals surface area (Å²) in [5, 5.41) is 0. The quantitative estimate of drug-likeness (QED) is 0.700. The molecule has 0 saturated carbocycles. The van der Waals surface area contributed by atoms with Gasteiger partial charge in [-0.15, -0.1) is 0 Å². The van der Waals surface area contributed by atoms with Gasteiger partial charge in [0.2, 0.25) is 0 Å². The molecule has 0 spiro atoms. The molecule has 0 N–H and O–H groups in total. The molecule has 0 fully saturated rings. The van der Waals surface area contributed by atoms with E-state index >= 15 is 0 Å². The summed E-state index contributed by atoms with van der Waals surface area (Å²) in [5.74, 6) is -0.904. The molecule has 2 rings (SSSR count). The van der Waals surface area contributed by atoms with Gasteiger partial charge in [-0.2, -0.15) is 0 Å². The Morgan fingerprint density at radius 1 is 1.33 bits per heavy atom. The zero-order chi connectivity index (χ0) is 10.8. The molecule has 0 amide bonds. The molecule has 1 aromatic rings. The smallest absolute Gasteiger partial charge is 0.269 e. The molecule has 1 aliphatic rings. The Kier molecular flexibility index (Phi) is 2.41. The number of carbonyl (C=O) groups excluding carboxylic acids is 1. The minimum absolute atomic E-state index is 0.0478. The average Bonchev–Trinajstić information content (AvgIpc) is 2.70. The highest BCUT2D eigenvalue weighted by atomic mass is 19.1. The van der Waals surface area contributed by atoms with E-state index in [1.54, 1.807) is 6.07 Å². The van der Waals surface area contributed by atoms with Crippen molar-refractivity contribution in [2.24, 2.45) is 0 Å². The van der Waals surface area contributed by atoms with Crippen LogP contribution in [0.3, 0.4) is 0 Å². The number of ketones is 1. The van der Waals surface area contributed by atoms with Crippen molar-refractivity contribution < 1.29 is 18.7 Å². The molecular weight excluding hydrogens is 199 g/mol. The number of halogens is 1. The van der Waals surface area contributed by atoms with Gasteiger partial charge in [-0.1, -0.05) is 6.07 Å². The van der Waals surface area contributed by atoms with Gasteiger partial charge in [0.05, 0.1) is 11.1 Å². The van der Waals surface area contributed by atoms with Crippen molar-refractivity contribution >= 4 is 5.78 Å². The predicted molar refractivity (Wildman–Crippen MR) is 50.5 cm³/mol. The fraction of sp³-hybridized carbons (Fsp3) is 0.182. The highest BCUT2D eigenvalue weighted by Crippen LogP contribution is 2.27. The van der Waals surface area contributed by atoms with Crippen molar-refractivity contribution in [3.8, 4) is 0 Å². The summed E-state index contributed by atoms with van der Waals surface area (Å²) in [6.45, 7) is 1.32. The van der Waals surface area contributed by atoms with Gasteiger partial charge in [-0.05, 0) is 19.1 Å². The van der Waals surface area contributed by atoms with Gasteiger partial charge in [0.1, 0.15) is 18.3 Å². The molecular formula is C11H9FO3. The lowest BCUT2D eigenvalue weighted by molar-refractivity contribution is -0.0271. The number of benzene rings is 1. The van der Waals surface area contributed by atoms with Gasteiger partial charge in [0.15, 0.2) is 5.78 Å². The van der Waals surface area contributed by atoms with Gasteiger partial charge in [-0.25, -0.2) is 4.39 Å². The number of ether oxygens (including phenoxy) is 2. The van der Waals surface area contributed by atoms with Gasteiger partial charge in [0, 0.05) is 0 Å². The summed E-state index contributed by atoms with van der Waals surface area (Å²) in [7, 11) is 0. The molecule has 0 bridgehead atoms. The van der Waals surface area contributed by atoms with E-state index in [0.29, 0.717) is 0 Å². The Morgan fingerprint density at radius 2 is 2.00 bits per heavy atom. The van der Waals surface area contributed by atoms with Crippen LogP contribution in [0.2, 0.25) is 0 Å². The van der Waals surface area contributed by atoms with Crippen LogP contribution >= 0.6 is 0 Å². The second-order valence-electron chi connectivity index (χ2n) is 3.14. The highest BCUT2D eigenvalue weighted by molar-refractivity contribution is 5.94. The Balaban J connectivity index is 2.39. The van der Waals surface area contributed by atoms with Crippen molar-refractivity contribution in [2.45, 2.75) is 13.2 Å². The van der Waals surface area contributed by atoms with E-state index in [4.69, 9.17) is 9.47 Å². The maximum Gasteiger partial charge on any atom is 0.269 e. The lowest BCUT2D eigenvalue weighted by Gasteiger charge is -2.12. The molecule has 4 heteroatoms. The first-order valence-electron chi connectivity index (χ1n) is 4.45. The topological polar surface area (TPSA) is 35.5 Å². The van der Waals surface area contributed by atoms with E-state index in [2.05, 4.69) is 0 Å². The number of carbonyl (C=O) groups is 1. The first kappa shape index (κ1) is 9.71. The number of hydrogen-bond acceptors (Lipinski definition) is 3. The summed E-state index contributed by atoms with van der Waals surface area (Å²) >= 11 is 0. The first-order chi connectivity index (χ1) is 7.20. The molecule has 1 heterocycles. The second kappa shape index (κ2) is 3.73. The molecule has 1 aliphatic heterocycles. The van der Waals surface area contributed by atoms with E-state index in [1.807, 2.05) is 0 Å². The van der Waals surface area contributed by atoms with Gasteiger partial charge in [-0.3, -0.25) is 4.79 Å². The molecule has 0 aliphatic carbocycles. The van der Waals surface area contributed by atoms with Crippen LogP contribution < -0.4 is 0 Å². The van der Waals surface area contributed by atoms with Crippen molar-refractivity contribution in [3.63, 3.8) is 0 Å². The van der Waals surface area contributed by atoms with Crippen LogP contribution in [0.25, 0.3) is 0 Å². The normalized spacial score (nSPS) is 14.8. The Bertz CT molecular complexity index is 418. The average molecular weight is 208 g/mol.